The molecular formula is C20H34N4O3S. The second-order valence-electron chi connectivity index (χ2n) is 7.14. The normalized spacial score (nSPS) is 14.2. The summed E-state index contributed by atoms with van der Waals surface area (Å²) in [5.74, 6) is 0.710. The Kier molecular flexibility index (Phi) is 9.99. The Bertz CT molecular complexity index is 745. The third kappa shape index (κ3) is 9.73. The van der Waals surface area contributed by atoms with E-state index in [4.69, 9.17) is 0 Å². The molecule has 158 valence electrons. The van der Waals surface area contributed by atoms with Crippen LogP contribution in [-0.4, -0.2) is 50.9 Å². The third-order valence-corrected chi connectivity index (χ3v) is 5.25. The summed E-state index contributed by atoms with van der Waals surface area (Å²) in [5, 5.41) is 9.34. The predicted molar refractivity (Wildman–Crippen MR) is 115 cm³/mol. The van der Waals surface area contributed by atoms with E-state index in [9.17, 15) is 13.2 Å². The number of nitrogens with one attached hydrogen (secondary N) is 3. The second-order valence-corrected chi connectivity index (χ2v) is 9.40. The third-order valence-electron chi connectivity index (χ3n) is 4.27. The molecule has 2 unspecified atom stereocenters. The summed E-state index contributed by atoms with van der Waals surface area (Å²) in [6.07, 6.45) is 2.65. The van der Waals surface area contributed by atoms with E-state index < -0.39 is 9.84 Å². The lowest BCUT2D eigenvalue weighted by Crippen LogP contribution is -2.42. The van der Waals surface area contributed by atoms with Gasteiger partial charge < -0.3 is 16.0 Å². The average molecular weight is 411 g/mol. The van der Waals surface area contributed by atoms with Crippen molar-refractivity contribution >= 4 is 21.7 Å². The van der Waals surface area contributed by atoms with Crippen molar-refractivity contribution in [1.29, 1.82) is 0 Å². The number of hydrogen-bond acceptors (Lipinski definition) is 4. The first-order valence-electron chi connectivity index (χ1n) is 9.77. The quantitative estimate of drug-likeness (QED) is 0.405. The van der Waals surface area contributed by atoms with Crippen LogP contribution in [0.4, 0.5) is 0 Å². The van der Waals surface area contributed by atoms with Crippen molar-refractivity contribution in [2.75, 3.05) is 18.6 Å². The van der Waals surface area contributed by atoms with Gasteiger partial charge in [0.15, 0.2) is 5.96 Å². The molecule has 8 heteroatoms. The molecule has 0 aliphatic carbocycles. The molecule has 0 saturated heterocycles. The molecule has 1 aromatic carbocycles. The van der Waals surface area contributed by atoms with Gasteiger partial charge >= 0.3 is 0 Å². The van der Waals surface area contributed by atoms with Gasteiger partial charge in [0.25, 0.3) is 5.91 Å². The van der Waals surface area contributed by atoms with Crippen molar-refractivity contribution in [2.45, 2.75) is 59.2 Å². The molecule has 0 spiro atoms. The van der Waals surface area contributed by atoms with Crippen molar-refractivity contribution in [2.24, 2.45) is 4.99 Å². The first-order chi connectivity index (χ1) is 13.1. The van der Waals surface area contributed by atoms with Gasteiger partial charge in [-0.3, -0.25) is 4.79 Å². The summed E-state index contributed by atoms with van der Waals surface area (Å²) in [6, 6.07) is 7.53. The van der Waals surface area contributed by atoms with E-state index >= 15 is 0 Å². The van der Waals surface area contributed by atoms with Gasteiger partial charge in [0.05, 0.1) is 12.3 Å². The van der Waals surface area contributed by atoms with Gasteiger partial charge in [0.1, 0.15) is 9.84 Å². The Balaban J connectivity index is 2.67. The monoisotopic (exact) mass is 410 g/mol. The molecule has 2 atom stereocenters. The number of benzene rings is 1. The van der Waals surface area contributed by atoms with Crippen LogP contribution in [0.2, 0.25) is 0 Å². The minimum Gasteiger partial charge on any atom is -0.357 e. The molecule has 0 aliphatic rings. The standard InChI is InChI=1S/C20H34N4O3S/c1-6-15(3)23-19(25)18-10-8-17(9-11-18)14-22-20(21-7-2)24-16(4)12-13-28(5,26)27/h8-11,15-16H,6-7,12-14H2,1-5H3,(H,23,25)(H2,21,22,24). The van der Waals surface area contributed by atoms with E-state index in [1.807, 2.05) is 39.8 Å². The first-order valence-corrected chi connectivity index (χ1v) is 11.8. The van der Waals surface area contributed by atoms with Crippen LogP contribution in [0.15, 0.2) is 29.3 Å². The molecule has 1 amide bonds. The molecule has 0 aliphatic heterocycles. The van der Waals surface area contributed by atoms with Crippen LogP contribution in [-0.2, 0) is 16.4 Å². The maximum atomic E-state index is 12.1. The van der Waals surface area contributed by atoms with Crippen molar-refractivity contribution < 1.29 is 13.2 Å². The Labute approximate surface area is 169 Å². The molecule has 0 aromatic heterocycles. The molecule has 0 radical (unpaired) electrons. The van der Waals surface area contributed by atoms with Crippen LogP contribution in [0.25, 0.3) is 0 Å². The zero-order valence-corrected chi connectivity index (χ0v) is 18.4. The molecule has 28 heavy (non-hydrogen) atoms. The van der Waals surface area contributed by atoms with Gasteiger partial charge in [-0.25, -0.2) is 13.4 Å². The van der Waals surface area contributed by atoms with Crippen LogP contribution in [0, 0.1) is 0 Å². The molecule has 0 saturated carbocycles. The number of nitrogens with zero attached hydrogens (tertiary/aromatic N) is 1. The average Bonchev–Trinajstić information content (AvgIpc) is 2.64. The topological polar surface area (TPSA) is 99.7 Å². The molecule has 0 bridgehead atoms. The summed E-state index contributed by atoms with van der Waals surface area (Å²) in [5.41, 5.74) is 1.62. The number of rotatable bonds is 10. The highest BCUT2D eigenvalue weighted by Gasteiger charge is 2.10. The van der Waals surface area contributed by atoms with Crippen LogP contribution < -0.4 is 16.0 Å². The van der Waals surface area contributed by atoms with E-state index in [1.54, 1.807) is 12.1 Å². The molecule has 1 rings (SSSR count). The van der Waals surface area contributed by atoms with Gasteiger partial charge in [0, 0.05) is 30.4 Å². The van der Waals surface area contributed by atoms with Crippen molar-refractivity contribution in [3.05, 3.63) is 35.4 Å². The minimum absolute atomic E-state index is 0.0147. The zero-order valence-electron chi connectivity index (χ0n) is 17.6. The fourth-order valence-electron chi connectivity index (χ4n) is 2.36. The van der Waals surface area contributed by atoms with Crippen LogP contribution >= 0.6 is 0 Å². The SMILES string of the molecule is CCNC(=NCc1ccc(C(=O)NC(C)CC)cc1)NC(C)CCS(C)(=O)=O. The van der Waals surface area contributed by atoms with E-state index in [0.717, 1.165) is 12.0 Å². The summed E-state index contributed by atoms with van der Waals surface area (Å²) in [6.45, 7) is 9.09. The number of aliphatic imine (C=N–C) groups is 1. The predicted octanol–water partition coefficient (Wildman–Crippen LogP) is 2.09. The maximum Gasteiger partial charge on any atom is 0.251 e. The Morgan fingerprint density at radius 1 is 1.07 bits per heavy atom. The van der Waals surface area contributed by atoms with E-state index in [1.165, 1.54) is 6.26 Å². The lowest BCUT2D eigenvalue weighted by Gasteiger charge is -2.17. The summed E-state index contributed by atoms with van der Waals surface area (Å²) in [4.78, 5) is 16.7. The lowest BCUT2D eigenvalue weighted by molar-refractivity contribution is 0.0939. The molecule has 0 heterocycles. The summed E-state index contributed by atoms with van der Waals surface area (Å²) < 4.78 is 22.6. The number of amides is 1. The van der Waals surface area contributed by atoms with Crippen LogP contribution in [0.3, 0.4) is 0 Å². The van der Waals surface area contributed by atoms with E-state index in [0.29, 0.717) is 31.0 Å². The Hall–Kier alpha value is -2.09. The highest BCUT2D eigenvalue weighted by molar-refractivity contribution is 7.90. The fourth-order valence-corrected chi connectivity index (χ4v) is 3.14. The number of carbonyl (C=O) groups excluding carboxylic acids is 1. The van der Waals surface area contributed by atoms with Crippen molar-refractivity contribution in [3.63, 3.8) is 0 Å². The number of hydrogen-bond donors (Lipinski definition) is 3. The van der Waals surface area contributed by atoms with Crippen LogP contribution in [0.1, 0.15) is 56.5 Å². The van der Waals surface area contributed by atoms with Gasteiger partial charge in [-0.15, -0.1) is 0 Å². The smallest absolute Gasteiger partial charge is 0.251 e. The number of sulfone groups is 1. The second kappa shape index (κ2) is 11.7. The van der Waals surface area contributed by atoms with Crippen molar-refractivity contribution in [1.82, 2.24) is 16.0 Å². The minimum atomic E-state index is -2.98. The first kappa shape index (κ1) is 23.9. The molecular weight excluding hydrogens is 376 g/mol. The lowest BCUT2D eigenvalue weighted by atomic mass is 10.1. The highest BCUT2D eigenvalue weighted by atomic mass is 32.2. The number of carbonyl (C=O) groups is 1. The number of guanidine groups is 1. The van der Waals surface area contributed by atoms with Gasteiger partial charge in [-0.2, -0.15) is 0 Å². The molecule has 0 fully saturated rings. The Morgan fingerprint density at radius 2 is 1.71 bits per heavy atom. The zero-order chi connectivity index (χ0) is 21.2. The summed E-state index contributed by atoms with van der Waals surface area (Å²) >= 11 is 0. The van der Waals surface area contributed by atoms with Crippen LogP contribution in [0.5, 0.6) is 0 Å². The van der Waals surface area contributed by atoms with Gasteiger partial charge in [-0.05, 0) is 51.3 Å². The van der Waals surface area contributed by atoms with E-state index in [2.05, 4.69) is 20.9 Å². The van der Waals surface area contributed by atoms with Gasteiger partial charge in [0.2, 0.25) is 0 Å². The molecule has 3 N–H and O–H groups in total. The van der Waals surface area contributed by atoms with Crippen molar-refractivity contribution in [3.8, 4) is 0 Å². The summed E-state index contributed by atoms with van der Waals surface area (Å²) in [7, 11) is -2.98. The van der Waals surface area contributed by atoms with Gasteiger partial charge in [-0.1, -0.05) is 19.1 Å². The Morgan fingerprint density at radius 3 is 2.25 bits per heavy atom. The van der Waals surface area contributed by atoms with E-state index in [-0.39, 0.29) is 23.7 Å². The highest BCUT2D eigenvalue weighted by Crippen LogP contribution is 2.07. The molecule has 7 nitrogen and oxygen atoms in total. The fraction of sp³-hybridized carbons (Fsp3) is 0.600. The molecule has 1 aromatic rings. The maximum absolute atomic E-state index is 12.1. The largest absolute Gasteiger partial charge is 0.357 e.